The van der Waals surface area contributed by atoms with Gasteiger partial charge in [-0.3, -0.25) is 4.79 Å². The summed E-state index contributed by atoms with van der Waals surface area (Å²) in [5.74, 6) is -2.06. The number of halogens is 3. The summed E-state index contributed by atoms with van der Waals surface area (Å²) in [5.41, 5.74) is -3.43. The summed E-state index contributed by atoms with van der Waals surface area (Å²) in [4.78, 5) is 21.8. The molecule has 2 aliphatic heterocycles. The molecule has 0 aromatic heterocycles. The predicted molar refractivity (Wildman–Crippen MR) is 47.1 cm³/mol. The van der Waals surface area contributed by atoms with Gasteiger partial charge in [-0.2, -0.15) is 13.2 Å². The van der Waals surface area contributed by atoms with E-state index in [2.05, 4.69) is 10.1 Å². The van der Waals surface area contributed by atoms with Crippen LogP contribution >= 0.6 is 0 Å². The Labute approximate surface area is 93.9 Å². The van der Waals surface area contributed by atoms with E-state index in [1.54, 1.807) is 0 Å². The van der Waals surface area contributed by atoms with Crippen LogP contribution in [0.2, 0.25) is 0 Å². The lowest BCUT2D eigenvalue weighted by Crippen LogP contribution is -2.65. The number of hydrogen-bond donors (Lipinski definition) is 2. The van der Waals surface area contributed by atoms with Gasteiger partial charge in [0.1, 0.15) is 0 Å². The van der Waals surface area contributed by atoms with Crippen LogP contribution in [0.25, 0.3) is 0 Å². The molecular formula is C9H10F3NO4. The fraction of sp³-hybridized carbons (Fsp3) is 0.778. The van der Waals surface area contributed by atoms with Gasteiger partial charge >= 0.3 is 12.1 Å². The average Bonchev–Trinajstić information content (AvgIpc) is 2.51. The highest BCUT2D eigenvalue weighted by atomic mass is 19.4. The van der Waals surface area contributed by atoms with Gasteiger partial charge in [0, 0.05) is 19.8 Å². The fourth-order valence-electron chi connectivity index (χ4n) is 2.66. The smallest absolute Gasteiger partial charge is 0.416 e. The van der Waals surface area contributed by atoms with Crippen LogP contribution in [0.1, 0.15) is 19.8 Å². The molecule has 8 heteroatoms. The third-order valence-electron chi connectivity index (χ3n) is 3.16. The molecule has 1 atom stereocenters. The van der Waals surface area contributed by atoms with E-state index in [1.807, 2.05) is 0 Å². The van der Waals surface area contributed by atoms with E-state index >= 15 is 0 Å². The lowest BCUT2D eigenvalue weighted by atomic mass is 9.66. The van der Waals surface area contributed by atoms with Crippen molar-refractivity contribution in [2.45, 2.75) is 43.2 Å². The van der Waals surface area contributed by atoms with E-state index in [1.165, 1.54) is 0 Å². The van der Waals surface area contributed by atoms with Crippen LogP contribution in [0, 0.1) is 0 Å². The Balaban J connectivity index is 2.29. The molecule has 1 saturated carbocycles. The topological polar surface area (TPSA) is 75.6 Å². The largest absolute Gasteiger partial charge is 0.479 e. The van der Waals surface area contributed by atoms with Crippen molar-refractivity contribution in [3.8, 4) is 0 Å². The first kappa shape index (κ1) is 12.2. The van der Waals surface area contributed by atoms with Crippen LogP contribution < -0.4 is 5.32 Å². The van der Waals surface area contributed by atoms with Gasteiger partial charge in [-0.25, -0.2) is 4.79 Å². The maximum Gasteiger partial charge on any atom is 0.416 e. The van der Waals surface area contributed by atoms with Crippen LogP contribution in [0.3, 0.4) is 0 Å². The standard InChI is InChI=1S/C9H10F3NO4/c1-4(14)13-7-2-8(3-7,6(15)16)17-5(7)9(10,11)12/h5H,2-3H2,1H3,(H,13,14)(H,15,16). The number of carboxylic acid groups (broad SMARTS) is 1. The van der Waals surface area contributed by atoms with E-state index in [9.17, 15) is 22.8 Å². The highest BCUT2D eigenvalue weighted by Gasteiger charge is 2.77. The van der Waals surface area contributed by atoms with Gasteiger partial charge in [0.2, 0.25) is 5.91 Å². The van der Waals surface area contributed by atoms with Crippen molar-refractivity contribution >= 4 is 11.9 Å². The van der Waals surface area contributed by atoms with Gasteiger partial charge in [0.15, 0.2) is 11.7 Å². The Morgan fingerprint density at radius 1 is 1.41 bits per heavy atom. The van der Waals surface area contributed by atoms with Gasteiger partial charge in [-0.15, -0.1) is 0 Å². The van der Waals surface area contributed by atoms with Crippen molar-refractivity contribution in [2.24, 2.45) is 0 Å². The van der Waals surface area contributed by atoms with Gasteiger partial charge in [0.25, 0.3) is 0 Å². The van der Waals surface area contributed by atoms with Crippen molar-refractivity contribution in [1.29, 1.82) is 0 Å². The molecule has 3 aliphatic rings. The van der Waals surface area contributed by atoms with Crippen LogP contribution in [-0.2, 0) is 14.3 Å². The van der Waals surface area contributed by atoms with E-state index in [-0.39, 0.29) is 12.8 Å². The number of carbonyl (C=O) groups excluding carboxylic acids is 1. The molecule has 2 saturated heterocycles. The minimum Gasteiger partial charge on any atom is -0.479 e. The molecule has 5 nitrogen and oxygen atoms in total. The maximum absolute atomic E-state index is 12.7. The Morgan fingerprint density at radius 3 is 2.29 bits per heavy atom. The second-order valence-corrected chi connectivity index (χ2v) is 4.53. The first-order valence-corrected chi connectivity index (χ1v) is 4.88. The predicted octanol–water partition coefficient (Wildman–Crippen LogP) is 0.440. The van der Waals surface area contributed by atoms with Crippen molar-refractivity contribution in [3.63, 3.8) is 0 Å². The zero-order valence-corrected chi connectivity index (χ0v) is 8.80. The average molecular weight is 253 g/mol. The summed E-state index contributed by atoms with van der Waals surface area (Å²) in [6, 6.07) is 0. The normalized spacial score (nSPS) is 39.6. The molecule has 2 bridgehead atoms. The van der Waals surface area contributed by atoms with Crippen molar-refractivity contribution < 1.29 is 32.6 Å². The van der Waals surface area contributed by atoms with Gasteiger partial charge in [-0.05, 0) is 0 Å². The Morgan fingerprint density at radius 2 is 1.94 bits per heavy atom. The third-order valence-corrected chi connectivity index (χ3v) is 3.16. The van der Waals surface area contributed by atoms with Crippen molar-refractivity contribution in [3.05, 3.63) is 0 Å². The second kappa shape index (κ2) is 3.12. The lowest BCUT2D eigenvalue weighted by molar-refractivity contribution is -0.221. The number of carboxylic acids is 1. The molecule has 3 rings (SSSR count). The summed E-state index contributed by atoms with van der Waals surface area (Å²) in [6.45, 7) is 1.08. The number of ether oxygens (including phenoxy) is 1. The number of hydrogen-bond acceptors (Lipinski definition) is 3. The highest BCUT2D eigenvalue weighted by Crippen LogP contribution is 2.59. The number of fused-ring (bicyclic) bond motifs is 1. The van der Waals surface area contributed by atoms with E-state index in [0.29, 0.717) is 0 Å². The molecule has 1 aliphatic carbocycles. The second-order valence-electron chi connectivity index (χ2n) is 4.53. The van der Waals surface area contributed by atoms with Crippen LogP contribution in [0.4, 0.5) is 13.2 Å². The zero-order valence-electron chi connectivity index (χ0n) is 8.80. The molecule has 96 valence electrons. The molecule has 2 N–H and O–H groups in total. The third kappa shape index (κ3) is 1.58. The quantitative estimate of drug-likeness (QED) is 0.748. The molecule has 3 fully saturated rings. The Kier molecular flexibility index (Phi) is 2.23. The summed E-state index contributed by atoms with van der Waals surface area (Å²) in [7, 11) is 0. The van der Waals surface area contributed by atoms with Crippen molar-refractivity contribution in [1.82, 2.24) is 5.32 Å². The van der Waals surface area contributed by atoms with E-state index in [0.717, 1.165) is 6.92 Å². The first-order chi connectivity index (χ1) is 7.61. The molecule has 1 unspecified atom stereocenters. The summed E-state index contributed by atoms with van der Waals surface area (Å²) in [5, 5.41) is 11.0. The minimum absolute atomic E-state index is 0.348. The molecule has 0 radical (unpaired) electrons. The molecule has 1 amide bonds. The summed E-state index contributed by atoms with van der Waals surface area (Å²) < 4.78 is 42.7. The number of alkyl halides is 3. The van der Waals surface area contributed by atoms with Crippen LogP contribution in [-0.4, -0.2) is 40.4 Å². The maximum atomic E-state index is 12.7. The number of aliphatic carboxylic acids is 1. The molecule has 17 heavy (non-hydrogen) atoms. The van der Waals surface area contributed by atoms with Crippen LogP contribution in [0.5, 0.6) is 0 Å². The number of carbonyl (C=O) groups is 2. The monoisotopic (exact) mass is 253 g/mol. The van der Waals surface area contributed by atoms with E-state index in [4.69, 9.17) is 5.11 Å². The van der Waals surface area contributed by atoms with Gasteiger partial charge < -0.3 is 15.2 Å². The number of nitrogens with one attached hydrogen (secondary N) is 1. The number of amides is 1. The Hall–Kier alpha value is -1.31. The van der Waals surface area contributed by atoms with Crippen LogP contribution in [0.15, 0.2) is 0 Å². The first-order valence-electron chi connectivity index (χ1n) is 4.88. The highest BCUT2D eigenvalue weighted by molar-refractivity contribution is 5.83. The van der Waals surface area contributed by atoms with Gasteiger partial charge in [-0.1, -0.05) is 0 Å². The summed E-state index contributed by atoms with van der Waals surface area (Å²) >= 11 is 0. The zero-order chi connectivity index (χ0) is 13.1. The Bertz CT molecular complexity index is 386. The fourth-order valence-corrected chi connectivity index (χ4v) is 2.66. The molecule has 0 spiro atoms. The number of rotatable bonds is 2. The lowest BCUT2D eigenvalue weighted by Gasteiger charge is -2.43. The molecule has 0 aromatic carbocycles. The summed E-state index contributed by atoms with van der Waals surface area (Å²) in [6.07, 6.45) is -7.65. The molecule has 0 aromatic rings. The van der Waals surface area contributed by atoms with Crippen molar-refractivity contribution in [2.75, 3.05) is 0 Å². The molecule has 2 heterocycles. The van der Waals surface area contributed by atoms with E-state index < -0.39 is 35.3 Å². The van der Waals surface area contributed by atoms with Gasteiger partial charge in [0.05, 0.1) is 5.54 Å². The molecular weight excluding hydrogens is 243 g/mol. The SMILES string of the molecule is CC(=O)NC12CC(C(=O)O)(C1)OC2C(F)(F)F. The minimum atomic E-state index is -4.70.